The molecule has 0 aromatic carbocycles. The number of hydrogen-bond acceptors (Lipinski definition) is 6. The molecule has 6 heteroatoms. The van der Waals surface area contributed by atoms with Gasteiger partial charge in [-0.1, -0.05) is 237 Å². The van der Waals surface area contributed by atoms with Crippen molar-refractivity contribution < 1.29 is 28.6 Å². The zero-order valence-corrected chi connectivity index (χ0v) is 41.6. The average Bonchev–Trinajstić information content (AvgIpc) is 3.31. The van der Waals surface area contributed by atoms with E-state index in [2.05, 4.69) is 69.4 Å². The molecule has 0 aliphatic rings. The molecule has 0 spiro atoms. The van der Waals surface area contributed by atoms with Crippen LogP contribution in [0.15, 0.2) is 158 Å². The van der Waals surface area contributed by atoms with Crippen molar-refractivity contribution in [1.29, 1.82) is 0 Å². The molecule has 0 N–H and O–H groups in total. The molecule has 0 rings (SSSR count). The first-order valence-electron chi connectivity index (χ1n) is 25.7. The number of rotatable bonds is 43. The molecule has 0 saturated carbocycles. The highest BCUT2D eigenvalue weighted by Crippen LogP contribution is 2.12. The maximum atomic E-state index is 12.8. The van der Waals surface area contributed by atoms with Crippen molar-refractivity contribution in [3.63, 3.8) is 0 Å². The Hall–Kier alpha value is -4.97. The number of ether oxygens (including phenoxy) is 3. The van der Waals surface area contributed by atoms with E-state index < -0.39 is 6.10 Å². The lowest BCUT2D eigenvalue weighted by Crippen LogP contribution is -2.30. The number of allylic oxidation sites excluding steroid dienone is 26. The van der Waals surface area contributed by atoms with E-state index in [1.165, 1.54) is 44.9 Å². The van der Waals surface area contributed by atoms with Crippen molar-refractivity contribution in [1.82, 2.24) is 0 Å². The highest BCUT2D eigenvalue weighted by atomic mass is 16.6. The van der Waals surface area contributed by atoms with Crippen LogP contribution in [0.5, 0.6) is 0 Å². The minimum atomic E-state index is -0.835. The van der Waals surface area contributed by atoms with Gasteiger partial charge >= 0.3 is 17.9 Å². The molecule has 0 radical (unpaired) electrons. The van der Waals surface area contributed by atoms with Crippen LogP contribution in [0.1, 0.15) is 181 Å². The highest BCUT2D eigenvalue weighted by Gasteiger charge is 2.19. The number of carbonyl (C=O) groups is 3. The third-order valence-corrected chi connectivity index (χ3v) is 10.1. The van der Waals surface area contributed by atoms with Crippen molar-refractivity contribution in [2.75, 3.05) is 13.2 Å². The van der Waals surface area contributed by atoms with E-state index in [1.54, 1.807) is 0 Å². The minimum absolute atomic E-state index is 0.132. The summed E-state index contributed by atoms with van der Waals surface area (Å²) in [6.45, 7) is 6.22. The van der Waals surface area contributed by atoms with Gasteiger partial charge in [-0.2, -0.15) is 0 Å². The third-order valence-electron chi connectivity index (χ3n) is 10.1. The maximum Gasteiger partial charge on any atom is 0.306 e. The van der Waals surface area contributed by atoms with Crippen molar-refractivity contribution in [2.45, 2.75) is 187 Å². The van der Waals surface area contributed by atoms with Gasteiger partial charge in [-0.05, 0) is 83.5 Å². The summed E-state index contributed by atoms with van der Waals surface area (Å²) in [7, 11) is 0. The van der Waals surface area contributed by atoms with Crippen molar-refractivity contribution in [2.24, 2.45) is 0 Å². The number of hydrogen-bond donors (Lipinski definition) is 0. The van der Waals surface area contributed by atoms with E-state index in [9.17, 15) is 14.4 Å². The largest absolute Gasteiger partial charge is 0.462 e. The van der Waals surface area contributed by atoms with E-state index in [0.717, 1.165) is 83.5 Å². The smallest absolute Gasteiger partial charge is 0.306 e. The second-order valence-electron chi connectivity index (χ2n) is 16.3. The third kappa shape index (κ3) is 50.0. The van der Waals surface area contributed by atoms with Crippen LogP contribution in [-0.4, -0.2) is 37.2 Å². The molecular formula is C60H90O6. The monoisotopic (exact) mass is 907 g/mol. The molecule has 6 nitrogen and oxygen atoms in total. The van der Waals surface area contributed by atoms with Gasteiger partial charge in [-0.25, -0.2) is 0 Å². The van der Waals surface area contributed by atoms with Gasteiger partial charge in [0.25, 0.3) is 0 Å². The Balaban J connectivity index is 4.63. The molecule has 0 aromatic heterocycles. The van der Waals surface area contributed by atoms with Crippen LogP contribution in [0, 0.1) is 0 Å². The summed E-state index contributed by atoms with van der Waals surface area (Å²) in [6, 6.07) is 0. The fraction of sp³-hybridized carbons (Fsp3) is 0.517. The van der Waals surface area contributed by atoms with Crippen LogP contribution < -0.4 is 0 Å². The fourth-order valence-corrected chi connectivity index (χ4v) is 6.25. The average molecular weight is 907 g/mol. The topological polar surface area (TPSA) is 78.9 Å². The molecule has 366 valence electrons. The van der Waals surface area contributed by atoms with Gasteiger partial charge in [0.15, 0.2) is 6.10 Å². The molecule has 1 atom stereocenters. The van der Waals surface area contributed by atoms with Gasteiger partial charge in [0.05, 0.1) is 0 Å². The molecule has 0 aromatic rings. The Bertz CT molecular complexity index is 1560. The zero-order chi connectivity index (χ0) is 47.9. The van der Waals surface area contributed by atoms with Crippen molar-refractivity contribution in [3.8, 4) is 0 Å². The van der Waals surface area contributed by atoms with Gasteiger partial charge in [-0.3, -0.25) is 14.4 Å². The number of esters is 3. The van der Waals surface area contributed by atoms with E-state index in [4.69, 9.17) is 14.2 Å². The SMILES string of the molecule is CC\C=C/C=C\C=C/C=C\C=C\C=C/C=C\CCCCCC(=O)OCC(COC(=O)CCCCC\C=C/C=C\C=C/C=C\CC)OC(=O)CCCCC/C=C\C=C/CCCCCCCCC. The Morgan fingerprint density at radius 3 is 0.939 bits per heavy atom. The molecule has 0 aliphatic carbocycles. The summed E-state index contributed by atoms with van der Waals surface area (Å²) in [5.74, 6) is -1.05. The van der Waals surface area contributed by atoms with Gasteiger partial charge in [-0.15, -0.1) is 0 Å². The summed E-state index contributed by atoms with van der Waals surface area (Å²) in [5, 5.41) is 0. The van der Waals surface area contributed by atoms with Crippen LogP contribution in [0.2, 0.25) is 0 Å². The second kappa shape index (κ2) is 52.7. The van der Waals surface area contributed by atoms with Gasteiger partial charge in [0.1, 0.15) is 13.2 Å². The van der Waals surface area contributed by atoms with E-state index >= 15 is 0 Å². The summed E-state index contributed by atoms with van der Waals surface area (Å²) in [6.07, 6.45) is 76.5. The Morgan fingerprint density at radius 2 is 0.591 bits per heavy atom. The molecule has 1 unspecified atom stereocenters. The quantitative estimate of drug-likeness (QED) is 0.0262. The summed E-state index contributed by atoms with van der Waals surface area (Å²) in [5.41, 5.74) is 0. The Morgan fingerprint density at radius 1 is 0.318 bits per heavy atom. The summed E-state index contributed by atoms with van der Waals surface area (Å²) >= 11 is 0. The van der Waals surface area contributed by atoms with Crippen LogP contribution in [0.3, 0.4) is 0 Å². The Kier molecular flexibility index (Phi) is 48.7. The standard InChI is InChI=1S/C60H90O6/c1-4-7-10-13-16-19-22-25-27-29-30-31-33-35-38-41-44-47-50-53-59(62)65-56-57(55-64-58(61)52-49-46-43-40-37-34-24-21-18-15-12-9-6-3)66-60(63)54-51-48-45-42-39-36-32-28-26-23-20-17-14-11-8-5-2/h7,9-10,12-13,15-16,18-19,21-22,24-25,27-39,57H,4-6,8,11,14,17,20,23,26,40-56H2,1-3H3/b10-7-,12-9-,16-13-,18-15-,22-19-,24-21-,27-25-,30-29+,32-28-,33-31-,37-34-,38-35-,39-36-. The first-order valence-corrected chi connectivity index (χ1v) is 25.7. The molecule has 0 heterocycles. The highest BCUT2D eigenvalue weighted by molar-refractivity contribution is 5.71. The van der Waals surface area contributed by atoms with Crippen LogP contribution in [0.4, 0.5) is 0 Å². The number of carbonyl (C=O) groups excluding carboxylic acids is 3. The first kappa shape index (κ1) is 61.0. The summed E-state index contributed by atoms with van der Waals surface area (Å²) in [4.78, 5) is 38.0. The van der Waals surface area contributed by atoms with E-state index in [1.807, 2.05) is 109 Å². The lowest BCUT2D eigenvalue weighted by Gasteiger charge is -2.18. The van der Waals surface area contributed by atoms with E-state index in [0.29, 0.717) is 12.8 Å². The fourth-order valence-electron chi connectivity index (χ4n) is 6.25. The molecule has 0 amide bonds. The molecular weight excluding hydrogens is 817 g/mol. The normalized spacial score (nSPS) is 13.4. The van der Waals surface area contributed by atoms with Gasteiger partial charge < -0.3 is 14.2 Å². The van der Waals surface area contributed by atoms with Crippen molar-refractivity contribution >= 4 is 17.9 Å². The van der Waals surface area contributed by atoms with Crippen LogP contribution in [-0.2, 0) is 28.6 Å². The predicted molar refractivity (Wildman–Crippen MR) is 283 cm³/mol. The minimum Gasteiger partial charge on any atom is -0.462 e. The van der Waals surface area contributed by atoms with Crippen LogP contribution in [0.25, 0.3) is 0 Å². The Labute approximate surface area is 403 Å². The lowest BCUT2D eigenvalue weighted by molar-refractivity contribution is -0.167. The lowest BCUT2D eigenvalue weighted by atomic mass is 10.1. The molecule has 0 bridgehead atoms. The van der Waals surface area contributed by atoms with E-state index in [-0.39, 0.29) is 50.4 Å². The molecule has 0 aliphatic heterocycles. The zero-order valence-electron chi connectivity index (χ0n) is 41.6. The summed E-state index contributed by atoms with van der Waals surface area (Å²) < 4.78 is 16.7. The first-order chi connectivity index (χ1) is 32.5. The molecule has 66 heavy (non-hydrogen) atoms. The van der Waals surface area contributed by atoms with Gasteiger partial charge in [0, 0.05) is 19.3 Å². The molecule has 0 fully saturated rings. The maximum absolute atomic E-state index is 12.8. The molecule has 0 saturated heterocycles. The van der Waals surface area contributed by atoms with Crippen molar-refractivity contribution in [3.05, 3.63) is 158 Å². The second-order valence-corrected chi connectivity index (χ2v) is 16.3. The van der Waals surface area contributed by atoms with Gasteiger partial charge in [0.2, 0.25) is 0 Å². The number of unbranched alkanes of at least 4 members (excludes halogenated alkanes) is 16. The predicted octanol–water partition coefficient (Wildman–Crippen LogP) is 17.0. The van der Waals surface area contributed by atoms with Crippen LogP contribution >= 0.6 is 0 Å².